The third kappa shape index (κ3) is 3.38. The molecule has 2 rings (SSSR count). The second-order valence-corrected chi connectivity index (χ2v) is 7.14. The summed E-state index contributed by atoms with van der Waals surface area (Å²) in [5.41, 5.74) is 6.90. The minimum atomic E-state index is -2.96. The zero-order valence-corrected chi connectivity index (χ0v) is 12.1. The second kappa shape index (κ2) is 5.66. The number of amidine groups is 1. The molecule has 2 heterocycles. The largest absolute Gasteiger partial charge is 0.409 e. The first-order valence-electron chi connectivity index (χ1n) is 6.33. The maximum absolute atomic E-state index is 11.6. The van der Waals surface area contributed by atoms with E-state index in [4.69, 9.17) is 10.9 Å². The number of sulfone groups is 1. The van der Waals surface area contributed by atoms with Gasteiger partial charge in [-0.25, -0.2) is 13.4 Å². The number of oxime groups is 1. The highest BCUT2D eigenvalue weighted by molar-refractivity contribution is 7.91. The van der Waals surface area contributed by atoms with E-state index in [1.54, 1.807) is 12.1 Å². The van der Waals surface area contributed by atoms with E-state index in [-0.39, 0.29) is 17.3 Å². The fourth-order valence-electron chi connectivity index (χ4n) is 2.19. The number of aryl methyl sites for hydroxylation is 1. The van der Waals surface area contributed by atoms with Gasteiger partial charge in [0.2, 0.25) is 0 Å². The van der Waals surface area contributed by atoms with Crippen LogP contribution in [0.5, 0.6) is 0 Å². The summed E-state index contributed by atoms with van der Waals surface area (Å²) in [6.07, 6.45) is 0.580. The molecule has 0 saturated carbocycles. The zero-order chi connectivity index (χ0) is 14.8. The van der Waals surface area contributed by atoms with Crippen LogP contribution in [0.25, 0.3) is 0 Å². The van der Waals surface area contributed by atoms with Crippen molar-refractivity contribution in [3.05, 3.63) is 23.4 Å². The predicted molar refractivity (Wildman–Crippen MR) is 77.0 cm³/mol. The van der Waals surface area contributed by atoms with Crippen LogP contribution >= 0.6 is 0 Å². The molecule has 0 radical (unpaired) electrons. The number of hydrogen-bond donors (Lipinski definition) is 2. The van der Waals surface area contributed by atoms with Crippen LogP contribution in [0.4, 0.5) is 5.82 Å². The highest BCUT2D eigenvalue weighted by atomic mass is 32.2. The second-order valence-electron chi connectivity index (χ2n) is 4.83. The zero-order valence-electron chi connectivity index (χ0n) is 11.3. The highest BCUT2D eigenvalue weighted by Gasteiger charge is 2.20. The lowest BCUT2D eigenvalue weighted by atomic mass is 10.2. The van der Waals surface area contributed by atoms with E-state index in [0.717, 1.165) is 5.69 Å². The van der Waals surface area contributed by atoms with Crippen molar-refractivity contribution in [1.82, 2.24) is 4.98 Å². The first-order chi connectivity index (χ1) is 9.41. The van der Waals surface area contributed by atoms with E-state index in [2.05, 4.69) is 10.1 Å². The van der Waals surface area contributed by atoms with Crippen molar-refractivity contribution < 1.29 is 13.6 Å². The summed E-state index contributed by atoms with van der Waals surface area (Å²) in [4.78, 5) is 6.32. The fraction of sp³-hybridized carbons (Fsp3) is 0.500. The number of hydrogen-bond acceptors (Lipinski definition) is 6. The van der Waals surface area contributed by atoms with E-state index < -0.39 is 9.84 Å². The van der Waals surface area contributed by atoms with Crippen LogP contribution in [0, 0.1) is 6.92 Å². The third-order valence-electron chi connectivity index (χ3n) is 3.22. The number of aromatic nitrogens is 1. The lowest BCUT2D eigenvalue weighted by molar-refractivity contribution is 0.318. The molecular formula is C12H18N4O3S. The molecule has 1 aliphatic rings. The molecular weight excluding hydrogens is 280 g/mol. The van der Waals surface area contributed by atoms with E-state index >= 15 is 0 Å². The van der Waals surface area contributed by atoms with Crippen molar-refractivity contribution in [2.24, 2.45) is 10.9 Å². The number of rotatable bonds is 2. The van der Waals surface area contributed by atoms with Crippen molar-refractivity contribution in [3.8, 4) is 0 Å². The molecule has 1 aliphatic heterocycles. The Morgan fingerprint density at radius 2 is 2.15 bits per heavy atom. The SMILES string of the molecule is Cc1cc(/C(N)=N/O)cc(N2CCCS(=O)(=O)CC2)n1. The molecule has 110 valence electrons. The lowest BCUT2D eigenvalue weighted by Crippen LogP contribution is -2.28. The van der Waals surface area contributed by atoms with Gasteiger partial charge < -0.3 is 15.8 Å². The van der Waals surface area contributed by atoms with Crippen molar-refractivity contribution in [3.63, 3.8) is 0 Å². The van der Waals surface area contributed by atoms with Crippen LogP contribution in [-0.4, -0.2) is 49.0 Å². The smallest absolute Gasteiger partial charge is 0.170 e. The molecule has 3 N–H and O–H groups in total. The number of anilines is 1. The Bertz CT molecular complexity index is 628. The van der Waals surface area contributed by atoms with Gasteiger partial charge in [0, 0.05) is 24.3 Å². The standard InChI is InChI=1S/C12H18N4O3S/c1-9-7-10(12(13)15-17)8-11(14-9)16-3-2-5-20(18,19)6-4-16/h7-8,17H,2-6H2,1H3,(H2,13,15). The normalized spacial score (nSPS) is 19.6. The van der Waals surface area contributed by atoms with Crippen LogP contribution in [0.1, 0.15) is 17.7 Å². The summed E-state index contributed by atoms with van der Waals surface area (Å²) in [5.74, 6) is 1.01. The molecule has 0 amide bonds. The lowest BCUT2D eigenvalue weighted by Gasteiger charge is -2.21. The minimum Gasteiger partial charge on any atom is -0.409 e. The number of nitrogens with zero attached hydrogens (tertiary/aromatic N) is 3. The highest BCUT2D eigenvalue weighted by Crippen LogP contribution is 2.17. The molecule has 0 aromatic carbocycles. The topological polar surface area (TPSA) is 109 Å². The maximum Gasteiger partial charge on any atom is 0.170 e. The van der Waals surface area contributed by atoms with Gasteiger partial charge in [-0.1, -0.05) is 5.16 Å². The average molecular weight is 298 g/mol. The predicted octanol–water partition coefficient (Wildman–Crippen LogP) is 0.109. The van der Waals surface area contributed by atoms with Crippen molar-refractivity contribution >= 4 is 21.5 Å². The summed E-state index contributed by atoms with van der Waals surface area (Å²) in [7, 11) is -2.96. The molecule has 7 nitrogen and oxygen atoms in total. The van der Waals surface area contributed by atoms with Gasteiger partial charge in [0.15, 0.2) is 15.7 Å². The van der Waals surface area contributed by atoms with Gasteiger partial charge >= 0.3 is 0 Å². The van der Waals surface area contributed by atoms with Gasteiger partial charge in [0.1, 0.15) is 5.82 Å². The Labute approximate surface area is 118 Å². The van der Waals surface area contributed by atoms with Gasteiger partial charge in [-0.3, -0.25) is 0 Å². The third-order valence-corrected chi connectivity index (χ3v) is 4.94. The van der Waals surface area contributed by atoms with Crippen LogP contribution in [0.3, 0.4) is 0 Å². The van der Waals surface area contributed by atoms with Gasteiger partial charge in [-0.15, -0.1) is 0 Å². The molecule has 0 aliphatic carbocycles. The molecule has 20 heavy (non-hydrogen) atoms. The first kappa shape index (κ1) is 14.6. The molecule has 0 unspecified atom stereocenters. The quantitative estimate of drug-likeness (QED) is 0.347. The number of pyridine rings is 1. The van der Waals surface area contributed by atoms with E-state index in [1.807, 2.05) is 11.8 Å². The minimum absolute atomic E-state index is 0.0131. The van der Waals surface area contributed by atoms with Crippen LogP contribution in [-0.2, 0) is 9.84 Å². The molecule has 0 spiro atoms. The maximum atomic E-state index is 11.6. The van der Waals surface area contributed by atoms with Crippen LogP contribution in [0.2, 0.25) is 0 Å². The van der Waals surface area contributed by atoms with Crippen LogP contribution < -0.4 is 10.6 Å². The molecule has 1 saturated heterocycles. The molecule has 1 aromatic heterocycles. The Morgan fingerprint density at radius 3 is 2.85 bits per heavy atom. The summed E-state index contributed by atoms with van der Waals surface area (Å²) < 4.78 is 23.2. The molecule has 8 heteroatoms. The van der Waals surface area contributed by atoms with Gasteiger partial charge in [0.05, 0.1) is 11.5 Å². The molecule has 0 atom stereocenters. The Balaban J connectivity index is 2.30. The monoisotopic (exact) mass is 298 g/mol. The van der Waals surface area contributed by atoms with Gasteiger partial charge in [-0.2, -0.15) is 0 Å². The van der Waals surface area contributed by atoms with Crippen LogP contribution in [0.15, 0.2) is 17.3 Å². The van der Waals surface area contributed by atoms with Crippen molar-refractivity contribution in [2.75, 3.05) is 29.5 Å². The average Bonchev–Trinajstić information content (AvgIpc) is 2.58. The Kier molecular flexibility index (Phi) is 4.12. The summed E-state index contributed by atoms with van der Waals surface area (Å²) in [5, 5.41) is 11.7. The summed E-state index contributed by atoms with van der Waals surface area (Å²) in [6, 6.07) is 3.42. The Hall–Kier alpha value is -1.83. The Morgan fingerprint density at radius 1 is 1.40 bits per heavy atom. The van der Waals surface area contributed by atoms with E-state index in [1.165, 1.54) is 0 Å². The molecule has 0 bridgehead atoms. The molecule has 1 aromatic rings. The van der Waals surface area contributed by atoms with Gasteiger partial charge in [-0.05, 0) is 25.5 Å². The fourth-order valence-corrected chi connectivity index (χ4v) is 3.46. The van der Waals surface area contributed by atoms with E-state index in [0.29, 0.717) is 30.9 Å². The van der Waals surface area contributed by atoms with Crippen molar-refractivity contribution in [2.45, 2.75) is 13.3 Å². The van der Waals surface area contributed by atoms with Gasteiger partial charge in [0.25, 0.3) is 0 Å². The summed E-state index contributed by atoms with van der Waals surface area (Å²) in [6.45, 7) is 2.85. The van der Waals surface area contributed by atoms with E-state index in [9.17, 15) is 8.42 Å². The molecule has 1 fully saturated rings. The first-order valence-corrected chi connectivity index (χ1v) is 8.15. The summed E-state index contributed by atoms with van der Waals surface area (Å²) >= 11 is 0. The number of nitrogens with two attached hydrogens (primary N) is 1. The van der Waals surface area contributed by atoms with Crippen molar-refractivity contribution in [1.29, 1.82) is 0 Å².